The SMILES string of the molecule is COc1cc(N)cc2sc(NC(=O)NC(C)C)nc12. The average Bonchev–Trinajstić information content (AvgIpc) is 2.68. The maximum atomic E-state index is 11.6. The van der Waals surface area contributed by atoms with Crippen LogP contribution in [0.5, 0.6) is 5.75 Å². The van der Waals surface area contributed by atoms with Gasteiger partial charge in [-0.05, 0) is 19.9 Å². The molecule has 0 saturated heterocycles. The third kappa shape index (κ3) is 3.05. The third-order valence-electron chi connectivity index (χ3n) is 2.34. The van der Waals surface area contributed by atoms with Crippen LogP contribution in [0.25, 0.3) is 10.2 Å². The number of fused-ring (bicyclic) bond motifs is 1. The Morgan fingerprint density at radius 1 is 1.47 bits per heavy atom. The molecule has 19 heavy (non-hydrogen) atoms. The summed E-state index contributed by atoms with van der Waals surface area (Å²) in [7, 11) is 1.56. The molecule has 0 bridgehead atoms. The zero-order chi connectivity index (χ0) is 14.0. The van der Waals surface area contributed by atoms with Gasteiger partial charge in [0.1, 0.15) is 11.3 Å². The van der Waals surface area contributed by atoms with Crippen molar-refractivity contribution in [3.63, 3.8) is 0 Å². The summed E-state index contributed by atoms with van der Waals surface area (Å²) in [6.07, 6.45) is 0. The van der Waals surface area contributed by atoms with E-state index in [4.69, 9.17) is 10.5 Å². The topological polar surface area (TPSA) is 89.3 Å². The molecule has 6 nitrogen and oxygen atoms in total. The average molecular weight is 280 g/mol. The zero-order valence-corrected chi connectivity index (χ0v) is 11.8. The fraction of sp³-hybridized carbons (Fsp3) is 0.333. The second-order valence-electron chi connectivity index (χ2n) is 4.34. The van der Waals surface area contributed by atoms with Crippen LogP contribution in [0.2, 0.25) is 0 Å². The smallest absolute Gasteiger partial charge is 0.321 e. The molecule has 0 atom stereocenters. The fourth-order valence-corrected chi connectivity index (χ4v) is 2.55. The number of aromatic nitrogens is 1. The van der Waals surface area contributed by atoms with Crippen molar-refractivity contribution in [3.05, 3.63) is 12.1 Å². The van der Waals surface area contributed by atoms with Gasteiger partial charge in [0.05, 0.1) is 11.8 Å². The van der Waals surface area contributed by atoms with Gasteiger partial charge in [-0.1, -0.05) is 11.3 Å². The highest BCUT2D eigenvalue weighted by molar-refractivity contribution is 7.22. The van der Waals surface area contributed by atoms with E-state index in [-0.39, 0.29) is 12.1 Å². The number of thiazole rings is 1. The van der Waals surface area contributed by atoms with Gasteiger partial charge in [0.25, 0.3) is 0 Å². The molecule has 2 rings (SSSR count). The van der Waals surface area contributed by atoms with E-state index >= 15 is 0 Å². The first-order chi connectivity index (χ1) is 8.99. The number of carbonyl (C=O) groups is 1. The molecule has 1 heterocycles. The molecule has 2 aromatic rings. The van der Waals surface area contributed by atoms with E-state index in [0.29, 0.717) is 22.1 Å². The molecular weight excluding hydrogens is 264 g/mol. The van der Waals surface area contributed by atoms with Crippen LogP contribution in [-0.2, 0) is 0 Å². The molecule has 0 aliphatic carbocycles. The van der Waals surface area contributed by atoms with Crippen LogP contribution in [0.3, 0.4) is 0 Å². The fourth-order valence-electron chi connectivity index (χ4n) is 1.62. The van der Waals surface area contributed by atoms with E-state index in [2.05, 4.69) is 15.6 Å². The van der Waals surface area contributed by atoms with Crippen LogP contribution in [0.15, 0.2) is 12.1 Å². The van der Waals surface area contributed by atoms with Crippen molar-refractivity contribution in [2.24, 2.45) is 0 Å². The Balaban J connectivity index is 2.29. The van der Waals surface area contributed by atoms with E-state index < -0.39 is 0 Å². The lowest BCUT2D eigenvalue weighted by atomic mass is 10.3. The van der Waals surface area contributed by atoms with Crippen molar-refractivity contribution in [1.29, 1.82) is 0 Å². The summed E-state index contributed by atoms with van der Waals surface area (Å²) in [5.41, 5.74) is 7.07. The number of nitrogens with zero attached hydrogens (tertiary/aromatic N) is 1. The molecule has 4 N–H and O–H groups in total. The summed E-state index contributed by atoms with van der Waals surface area (Å²) in [5, 5.41) is 5.94. The van der Waals surface area contributed by atoms with Crippen molar-refractivity contribution in [1.82, 2.24) is 10.3 Å². The highest BCUT2D eigenvalue weighted by atomic mass is 32.1. The number of carbonyl (C=O) groups excluding carboxylic acids is 1. The Bertz CT molecular complexity index is 609. The second-order valence-corrected chi connectivity index (χ2v) is 5.37. The predicted molar refractivity (Wildman–Crippen MR) is 77.9 cm³/mol. The van der Waals surface area contributed by atoms with Crippen LogP contribution in [-0.4, -0.2) is 24.2 Å². The Morgan fingerprint density at radius 2 is 2.21 bits per heavy atom. The predicted octanol–water partition coefficient (Wildman–Crippen LogP) is 2.42. The van der Waals surface area contributed by atoms with Crippen molar-refractivity contribution in [3.8, 4) is 5.75 Å². The van der Waals surface area contributed by atoms with Crippen LogP contribution in [0, 0.1) is 0 Å². The number of benzene rings is 1. The van der Waals surface area contributed by atoms with Gasteiger partial charge in [-0.25, -0.2) is 9.78 Å². The van der Waals surface area contributed by atoms with Crippen molar-refractivity contribution in [2.45, 2.75) is 19.9 Å². The van der Waals surface area contributed by atoms with Crippen LogP contribution in [0.4, 0.5) is 15.6 Å². The highest BCUT2D eigenvalue weighted by Gasteiger charge is 2.12. The lowest BCUT2D eigenvalue weighted by Gasteiger charge is -2.07. The molecule has 0 unspecified atom stereocenters. The van der Waals surface area contributed by atoms with Gasteiger partial charge in [0.2, 0.25) is 0 Å². The summed E-state index contributed by atoms with van der Waals surface area (Å²) in [5.74, 6) is 0.601. The number of urea groups is 1. The second kappa shape index (κ2) is 5.31. The standard InChI is InChI=1S/C12H16N4O2S/c1-6(2)14-11(17)16-12-15-10-8(18-3)4-7(13)5-9(10)19-12/h4-6H,13H2,1-3H3,(H2,14,15,16,17). The Hall–Kier alpha value is -2.02. The van der Waals surface area contributed by atoms with E-state index in [0.717, 1.165) is 4.70 Å². The summed E-state index contributed by atoms with van der Waals surface area (Å²) in [6, 6.07) is 3.31. The minimum Gasteiger partial charge on any atom is -0.494 e. The van der Waals surface area contributed by atoms with Crippen molar-refractivity contribution < 1.29 is 9.53 Å². The summed E-state index contributed by atoms with van der Waals surface area (Å²) in [6.45, 7) is 3.78. The van der Waals surface area contributed by atoms with Crippen LogP contribution in [0.1, 0.15) is 13.8 Å². The number of rotatable bonds is 3. The van der Waals surface area contributed by atoms with E-state index in [1.807, 2.05) is 13.8 Å². The molecule has 0 radical (unpaired) electrons. The molecule has 0 saturated carbocycles. The lowest BCUT2D eigenvalue weighted by Crippen LogP contribution is -2.34. The number of anilines is 2. The summed E-state index contributed by atoms with van der Waals surface area (Å²) < 4.78 is 6.10. The number of ether oxygens (including phenoxy) is 1. The largest absolute Gasteiger partial charge is 0.494 e. The number of nitrogens with two attached hydrogens (primary N) is 1. The van der Waals surface area contributed by atoms with Gasteiger partial charge in [-0.3, -0.25) is 5.32 Å². The number of hydrogen-bond acceptors (Lipinski definition) is 5. The van der Waals surface area contributed by atoms with Gasteiger partial charge in [0, 0.05) is 17.8 Å². The molecule has 0 spiro atoms. The molecule has 1 aromatic heterocycles. The first-order valence-corrected chi connectivity index (χ1v) is 6.63. The number of methoxy groups -OCH3 is 1. The molecular formula is C12H16N4O2S. The normalized spacial score (nSPS) is 10.7. The molecule has 0 aliphatic rings. The minimum absolute atomic E-state index is 0.0690. The third-order valence-corrected chi connectivity index (χ3v) is 3.26. The maximum Gasteiger partial charge on any atom is 0.321 e. The van der Waals surface area contributed by atoms with E-state index in [1.54, 1.807) is 19.2 Å². The zero-order valence-electron chi connectivity index (χ0n) is 11.0. The molecule has 0 fully saturated rings. The van der Waals surface area contributed by atoms with Gasteiger partial charge in [0.15, 0.2) is 5.13 Å². The van der Waals surface area contributed by atoms with Gasteiger partial charge < -0.3 is 15.8 Å². The summed E-state index contributed by atoms with van der Waals surface area (Å²) >= 11 is 1.35. The maximum absolute atomic E-state index is 11.6. The monoisotopic (exact) mass is 280 g/mol. The Labute approximate surface area is 115 Å². The van der Waals surface area contributed by atoms with Crippen molar-refractivity contribution >= 4 is 38.4 Å². The van der Waals surface area contributed by atoms with Crippen molar-refractivity contribution in [2.75, 3.05) is 18.2 Å². The number of amides is 2. The van der Waals surface area contributed by atoms with Gasteiger partial charge in [-0.2, -0.15) is 0 Å². The van der Waals surface area contributed by atoms with Gasteiger partial charge in [-0.15, -0.1) is 0 Å². The molecule has 0 aliphatic heterocycles. The van der Waals surface area contributed by atoms with Crippen LogP contribution >= 0.6 is 11.3 Å². The molecule has 1 aromatic carbocycles. The number of nitrogens with one attached hydrogen (secondary N) is 2. The lowest BCUT2D eigenvalue weighted by molar-refractivity contribution is 0.250. The molecule has 7 heteroatoms. The highest BCUT2D eigenvalue weighted by Crippen LogP contribution is 2.34. The number of hydrogen-bond donors (Lipinski definition) is 3. The first kappa shape index (κ1) is 13.4. The van der Waals surface area contributed by atoms with E-state index in [9.17, 15) is 4.79 Å². The van der Waals surface area contributed by atoms with Gasteiger partial charge >= 0.3 is 6.03 Å². The Morgan fingerprint density at radius 3 is 2.84 bits per heavy atom. The summed E-state index contributed by atoms with van der Waals surface area (Å²) in [4.78, 5) is 15.9. The molecule has 102 valence electrons. The number of nitrogen functional groups attached to an aromatic ring is 1. The van der Waals surface area contributed by atoms with Crippen LogP contribution < -0.4 is 21.1 Å². The minimum atomic E-state index is -0.277. The Kier molecular flexibility index (Phi) is 3.75. The first-order valence-electron chi connectivity index (χ1n) is 5.81. The van der Waals surface area contributed by atoms with E-state index in [1.165, 1.54) is 11.3 Å². The quantitative estimate of drug-likeness (QED) is 0.753. The molecule has 2 amide bonds.